The zero-order valence-corrected chi connectivity index (χ0v) is 20.1. The Labute approximate surface area is 195 Å². The second kappa shape index (κ2) is 9.53. The van der Waals surface area contributed by atoms with Crippen molar-refractivity contribution in [2.45, 2.75) is 31.2 Å². The van der Waals surface area contributed by atoms with Crippen molar-refractivity contribution in [3.8, 4) is 5.75 Å². The number of ether oxygens (including phenoxy) is 1. The van der Waals surface area contributed by atoms with Crippen molar-refractivity contribution in [3.63, 3.8) is 0 Å². The highest BCUT2D eigenvalue weighted by molar-refractivity contribution is 7.89. The number of amides is 1. The lowest BCUT2D eigenvalue weighted by molar-refractivity contribution is 0.0785. The summed E-state index contributed by atoms with van der Waals surface area (Å²) in [7, 11) is -0.128. The molecule has 0 bridgehead atoms. The average molecular weight is 467 g/mol. The van der Waals surface area contributed by atoms with Crippen molar-refractivity contribution >= 4 is 26.7 Å². The minimum absolute atomic E-state index is 0.152. The lowest BCUT2D eigenvalue weighted by Crippen LogP contribution is -2.37. The predicted octanol–water partition coefficient (Wildman–Crippen LogP) is 4.54. The fourth-order valence-electron chi connectivity index (χ4n) is 4.21. The third kappa shape index (κ3) is 5.04. The van der Waals surface area contributed by atoms with Gasteiger partial charge < -0.3 is 9.64 Å². The zero-order valence-electron chi connectivity index (χ0n) is 19.3. The fourth-order valence-corrected chi connectivity index (χ4v) is 5.68. The second-order valence-corrected chi connectivity index (χ2v) is 10.8. The van der Waals surface area contributed by atoms with Gasteiger partial charge >= 0.3 is 0 Å². The van der Waals surface area contributed by atoms with Crippen LogP contribution in [-0.2, 0) is 16.6 Å². The molecule has 3 aromatic carbocycles. The maximum Gasteiger partial charge on any atom is 0.253 e. The first kappa shape index (κ1) is 23.3. The van der Waals surface area contributed by atoms with E-state index in [2.05, 4.69) is 13.0 Å². The maximum absolute atomic E-state index is 12.9. The van der Waals surface area contributed by atoms with E-state index in [0.717, 1.165) is 34.9 Å². The zero-order chi connectivity index (χ0) is 23.6. The molecular weight excluding hydrogens is 436 g/mol. The van der Waals surface area contributed by atoms with Crippen LogP contribution in [-0.4, -0.2) is 50.8 Å². The van der Waals surface area contributed by atoms with Gasteiger partial charge in [-0.1, -0.05) is 25.1 Å². The third-order valence-corrected chi connectivity index (χ3v) is 8.27. The number of carbonyl (C=O) groups is 1. The number of carbonyl (C=O) groups excluding carboxylic acids is 1. The first-order valence-electron chi connectivity index (χ1n) is 11.2. The highest BCUT2D eigenvalue weighted by atomic mass is 32.2. The Bertz CT molecular complexity index is 1250. The normalized spacial score (nSPS) is 15.5. The SMILES string of the molecule is COc1ccc2cc(CN(C)C(=O)c3ccc(S(=O)(=O)N4CCC(C)CC4)cc3)ccc2c1. The molecule has 3 aromatic rings. The van der Waals surface area contributed by atoms with Crippen molar-refractivity contribution in [1.29, 1.82) is 0 Å². The van der Waals surface area contributed by atoms with Crippen molar-refractivity contribution in [2.24, 2.45) is 5.92 Å². The summed E-state index contributed by atoms with van der Waals surface area (Å²) in [5, 5.41) is 2.16. The monoisotopic (exact) mass is 466 g/mol. The van der Waals surface area contributed by atoms with Crippen molar-refractivity contribution in [3.05, 3.63) is 71.8 Å². The summed E-state index contributed by atoms with van der Waals surface area (Å²) < 4.78 is 32.7. The molecule has 4 rings (SSSR count). The number of rotatable bonds is 6. The van der Waals surface area contributed by atoms with Gasteiger partial charge in [0.1, 0.15) is 5.75 Å². The Morgan fingerprint density at radius 3 is 2.30 bits per heavy atom. The minimum atomic E-state index is -3.52. The highest BCUT2D eigenvalue weighted by Crippen LogP contribution is 2.25. The molecule has 1 aliphatic rings. The molecule has 0 N–H and O–H groups in total. The number of piperidine rings is 1. The molecule has 1 saturated heterocycles. The van der Waals surface area contributed by atoms with E-state index in [9.17, 15) is 13.2 Å². The van der Waals surface area contributed by atoms with Crippen LogP contribution >= 0.6 is 0 Å². The van der Waals surface area contributed by atoms with E-state index in [1.807, 2.05) is 30.3 Å². The van der Waals surface area contributed by atoms with Crippen LogP contribution in [0.3, 0.4) is 0 Å². The van der Waals surface area contributed by atoms with Gasteiger partial charge in [-0.25, -0.2) is 8.42 Å². The molecule has 1 heterocycles. The van der Waals surface area contributed by atoms with E-state index in [1.54, 1.807) is 35.5 Å². The third-order valence-electron chi connectivity index (χ3n) is 6.36. The van der Waals surface area contributed by atoms with E-state index in [0.29, 0.717) is 31.1 Å². The molecule has 0 atom stereocenters. The lowest BCUT2D eigenvalue weighted by atomic mass is 10.0. The van der Waals surface area contributed by atoms with E-state index >= 15 is 0 Å². The topological polar surface area (TPSA) is 66.9 Å². The molecule has 1 aliphatic heterocycles. The summed E-state index contributed by atoms with van der Waals surface area (Å²) in [4.78, 5) is 14.8. The summed E-state index contributed by atoms with van der Waals surface area (Å²) in [6, 6.07) is 18.3. The minimum Gasteiger partial charge on any atom is -0.497 e. The molecule has 1 fully saturated rings. The quantitative estimate of drug-likeness (QED) is 0.535. The van der Waals surface area contributed by atoms with Crippen LogP contribution in [0.5, 0.6) is 5.75 Å². The molecule has 0 spiro atoms. The standard InChI is InChI=1S/C26H30N2O4S/c1-19-12-14-28(15-13-19)33(30,31)25-10-7-21(8-11-25)26(29)27(2)18-20-4-5-23-17-24(32-3)9-6-22(23)16-20/h4-11,16-17,19H,12-15,18H2,1-3H3. The predicted molar refractivity (Wildman–Crippen MR) is 130 cm³/mol. The summed E-state index contributed by atoms with van der Waals surface area (Å²) in [5.41, 5.74) is 1.48. The Morgan fingerprint density at radius 2 is 1.64 bits per heavy atom. The number of sulfonamides is 1. The highest BCUT2D eigenvalue weighted by Gasteiger charge is 2.28. The maximum atomic E-state index is 12.9. The average Bonchev–Trinajstić information content (AvgIpc) is 2.83. The van der Waals surface area contributed by atoms with Gasteiger partial charge in [0, 0.05) is 32.2 Å². The lowest BCUT2D eigenvalue weighted by Gasteiger charge is -2.29. The van der Waals surface area contributed by atoms with Crippen molar-refractivity contribution in [1.82, 2.24) is 9.21 Å². The Morgan fingerprint density at radius 1 is 1.00 bits per heavy atom. The van der Waals surface area contributed by atoms with Gasteiger partial charge in [-0.15, -0.1) is 0 Å². The number of hydrogen-bond donors (Lipinski definition) is 0. The summed E-state index contributed by atoms with van der Waals surface area (Å²) >= 11 is 0. The van der Waals surface area contributed by atoms with Crippen LogP contribution in [0, 0.1) is 5.92 Å². The van der Waals surface area contributed by atoms with Crippen LogP contribution in [0.2, 0.25) is 0 Å². The van der Waals surface area contributed by atoms with Gasteiger partial charge in [-0.2, -0.15) is 4.31 Å². The molecule has 1 amide bonds. The molecular formula is C26H30N2O4S. The van der Waals surface area contributed by atoms with Crippen LogP contribution in [0.4, 0.5) is 0 Å². The molecule has 0 radical (unpaired) electrons. The van der Waals surface area contributed by atoms with E-state index < -0.39 is 10.0 Å². The second-order valence-electron chi connectivity index (χ2n) is 8.82. The number of methoxy groups -OCH3 is 1. The largest absolute Gasteiger partial charge is 0.497 e. The van der Waals surface area contributed by atoms with Gasteiger partial charge in [-0.05, 0) is 77.6 Å². The van der Waals surface area contributed by atoms with E-state index in [1.165, 1.54) is 12.1 Å². The van der Waals surface area contributed by atoms with Gasteiger partial charge in [0.25, 0.3) is 5.91 Å². The number of hydrogen-bond acceptors (Lipinski definition) is 4. The molecule has 174 valence electrons. The van der Waals surface area contributed by atoms with E-state index in [-0.39, 0.29) is 10.8 Å². The van der Waals surface area contributed by atoms with Gasteiger partial charge in [0.05, 0.1) is 12.0 Å². The van der Waals surface area contributed by atoms with Gasteiger partial charge in [0.2, 0.25) is 10.0 Å². The molecule has 0 aliphatic carbocycles. The van der Waals surface area contributed by atoms with Gasteiger partial charge in [0.15, 0.2) is 0 Å². The van der Waals surface area contributed by atoms with Crippen molar-refractivity contribution in [2.75, 3.05) is 27.2 Å². The van der Waals surface area contributed by atoms with E-state index in [4.69, 9.17) is 4.74 Å². The molecule has 6 nitrogen and oxygen atoms in total. The molecule has 0 aromatic heterocycles. The first-order chi connectivity index (χ1) is 15.8. The summed E-state index contributed by atoms with van der Waals surface area (Å²) in [5.74, 6) is 1.21. The molecule has 7 heteroatoms. The Balaban J connectivity index is 1.45. The van der Waals surface area contributed by atoms with Crippen LogP contribution < -0.4 is 4.74 Å². The first-order valence-corrected chi connectivity index (χ1v) is 12.6. The number of fused-ring (bicyclic) bond motifs is 1. The summed E-state index contributed by atoms with van der Waals surface area (Å²) in [6.45, 7) is 3.69. The summed E-state index contributed by atoms with van der Waals surface area (Å²) in [6.07, 6.45) is 1.76. The smallest absolute Gasteiger partial charge is 0.253 e. The Hall–Kier alpha value is -2.90. The number of nitrogens with zero attached hydrogens (tertiary/aromatic N) is 2. The fraction of sp³-hybridized carbons (Fsp3) is 0.346. The number of benzene rings is 3. The van der Waals surface area contributed by atoms with Crippen LogP contribution in [0.25, 0.3) is 10.8 Å². The molecule has 0 unspecified atom stereocenters. The molecule has 33 heavy (non-hydrogen) atoms. The van der Waals surface area contributed by atoms with Gasteiger partial charge in [-0.3, -0.25) is 4.79 Å². The van der Waals surface area contributed by atoms with Crippen molar-refractivity contribution < 1.29 is 17.9 Å². The van der Waals surface area contributed by atoms with Crippen LogP contribution in [0.1, 0.15) is 35.7 Å². The Kier molecular flexibility index (Phi) is 6.72. The van der Waals surface area contributed by atoms with Crippen LogP contribution in [0.15, 0.2) is 65.6 Å². The molecule has 0 saturated carbocycles.